The molecule has 0 aliphatic rings. The second-order valence-corrected chi connectivity index (χ2v) is 22.1. The lowest BCUT2D eigenvalue weighted by Crippen LogP contribution is -2.30. The normalized spacial score (nSPS) is 12.1. The van der Waals surface area contributed by atoms with Crippen molar-refractivity contribution in [2.75, 3.05) is 13.2 Å². The van der Waals surface area contributed by atoms with Crippen LogP contribution in [-0.4, -0.2) is 37.2 Å². The first-order valence-electron chi connectivity index (χ1n) is 29.6. The van der Waals surface area contributed by atoms with Gasteiger partial charge in [-0.2, -0.15) is 0 Å². The first kappa shape index (κ1) is 64.4. The molecule has 0 rings (SSSR count). The monoisotopic (exact) mass is 933 g/mol. The number of unbranched alkanes of at least 4 members (excludes halogenated alkanes) is 36. The van der Waals surface area contributed by atoms with Crippen molar-refractivity contribution in [3.63, 3.8) is 0 Å². The molecule has 0 aliphatic carbocycles. The zero-order valence-electron chi connectivity index (χ0n) is 45.5. The Morgan fingerprint density at radius 3 is 0.652 bits per heavy atom. The van der Waals surface area contributed by atoms with Crippen molar-refractivity contribution in [1.29, 1.82) is 0 Å². The summed E-state index contributed by atoms with van der Waals surface area (Å²) in [4.78, 5) is 38.1. The molecule has 392 valence electrons. The minimum atomic E-state index is -0.764. The summed E-state index contributed by atoms with van der Waals surface area (Å²) >= 11 is 0. The van der Waals surface area contributed by atoms with Crippen LogP contribution in [0.3, 0.4) is 0 Å². The number of hydrogen-bond donors (Lipinski definition) is 0. The van der Waals surface area contributed by atoms with Gasteiger partial charge >= 0.3 is 17.9 Å². The van der Waals surface area contributed by atoms with E-state index < -0.39 is 6.10 Å². The molecule has 0 fully saturated rings. The van der Waals surface area contributed by atoms with Crippen molar-refractivity contribution in [1.82, 2.24) is 0 Å². The second kappa shape index (κ2) is 51.3. The molecule has 0 saturated heterocycles. The Labute approximate surface area is 412 Å². The van der Waals surface area contributed by atoms with E-state index in [4.69, 9.17) is 14.2 Å². The van der Waals surface area contributed by atoms with Gasteiger partial charge in [0.25, 0.3) is 0 Å². The van der Waals surface area contributed by atoms with E-state index in [1.54, 1.807) is 0 Å². The average Bonchev–Trinajstić information content (AvgIpc) is 3.28. The molecule has 0 heterocycles. The summed E-state index contributed by atoms with van der Waals surface area (Å²) in [6.45, 7) is 13.7. The number of ether oxygens (including phenoxy) is 3. The number of esters is 3. The summed E-state index contributed by atoms with van der Waals surface area (Å²) in [5.41, 5.74) is 0. The van der Waals surface area contributed by atoms with Crippen LogP contribution in [0.4, 0.5) is 0 Å². The van der Waals surface area contributed by atoms with Crippen LogP contribution in [0.15, 0.2) is 0 Å². The summed E-state index contributed by atoms with van der Waals surface area (Å²) in [5.74, 6) is 1.62. The van der Waals surface area contributed by atoms with Gasteiger partial charge in [0.05, 0.1) is 0 Å². The van der Waals surface area contributed by atoms with Crippen molar-refractivity contribution >= 4 is 17.9 Å². The van der Waals surface area contributed by atoms with Crippen LogP contribution in [-0.2, 0) is 28.6 Å². The Morgan fingerprint density at radius 2 is 0.439 bits per heavy atom. The van der Waals surface area contributed by atoms with Crippen LogP contribution in [0.1, 0.15) is 330 Å². The molecule has 0 aromatic heterocycles. The summed E-state index contributed by atoms with van der Waals surface area (Å²) in [6.07, 6.45) is 54.1. The van der Waals surface area contributed by atoms with E-state index in [9.17, 15) is 14.4 Å². The number of carbonyl (C=O) groups is 3. The lowest BCUT2D eigenvalue weighted by Gasteiger charge is -2.18. The SMILES string of the molecule is CC(C)CCCCCCCCCCCCCCCCCCCCC(=O)OC[C@@H](COC(=O)CCCCCCCCC(C)C)OC(=O)CCCCCCCCCCCCCCCCCC(C)C. The van der Waals surface area contributed by atoms with E-state index in [0.29, 0.717) is 19.3 Å². The number of hydrogen-bond acceptors (Lipinski definition) is 6. The summed E-state index contributed by atoms with van der Waals surface area (Å²) in [7, 11) is 0. The second-order valence-electron chi connectivity index (χ2n) is 22.1. The Bertz CT molecular complexity index is 1020. The molecule has 66 heavy (non-hydrogen) atoms. The van der Waals surface area contributed by atoms with E-state index in [0.717, 1.165) is 75.5 Å². The fraction of sp³-hybridized carbons (Fsp3) is 0.950. The Morgan fingerprint density at radius 1 is 0.258 bits per heavy atom. The van der Waals surface area contributed by atoms with Crippen molar-refractivity contribution < 1.29 is 28.6 Å². The largest absolute Gasteiger partial charge is 0.462 e. The lowest BCUT2D eigenvalue weighted by atomic mass is 10.0. The Balaban J connectivity index is 4.18. The van der Waals surface area contributed by atoms with Gasteiger partial charge in [-0.15, -0.1) is 0 Å². The maximum Gasteiger partial charge on any atom is 0.306 e. The van der Waals surface area contributed by atoms with Crippen molar-refractivity contribution in [2.45, 2.75) is 337 Å². The zero-order valence-corrected chi connectivity index (χ0v) is 45.5. The lowest BCUT2D eigenvalue weighted by molar-refractivity contribution is -0.167. The average molecular weight is 934 g/mol. The molecule has 0 saturated carbocycles. The van der Waals surface area contributed by atoms with Crippen molar-refractivity contribution in [2.24, 2.45) is 17.8 Å². The van der Waals surface area contributed by atoms with E-state index in [1.165, 1.54) is 212 Å². The quantitative estimate of drug-likeness (QED) is 0.0343. The molecular weight excluding hydrogens is 817 g/mol. The third-order valence-corrected chi connectivity index (χ3v) is 13.6. The number of carbonyl (C=O) groups excluding carboxylic acids is 3. The van der Waals surface area contributed by atoms with Crippen LogP contribution in [0.5, 0.6) is 0 Å². The van der Waals surface area contributed by atoms with Crippen molar-refractivity contribution in [3.8, 4) is 0 Å². The Hall–Kier alpha value is -1.59. The maximum atomic E-state index is 12.8. The van der Waals surface area contributed by atoms with E-state index in [-0.39, 0.29) is 31.1 Å². The zero-order chi connectivity index (χ0) is 48.4. The Kier molecular flexibility index (Phi) is 50.0. The molecule has 0 aromatic rings. The third-order valence-electron chi connectivity index (χ3n) is 13.6. The van der Waals surface area contributed by atoms with Crippen LogP contribution in [0.25, 0.3) is 0 Å². The van der Waals surface area contributed by atoms with E-state index >= 15 is 0 Å². The van der Waals surface area contributed by atoms with Gasteiger partial charge in [-0.3, -0.25) is 14.4 Å². The van der Waals surface area contributed by atoms with Gasteiger partial charge in [0, 0.05) is 19.3 Å². The molecule has 0 bridgehead atoms. The van der Waals surface area contributed by atoms with Gasteiger partial charge in [0.1, 0.15) is 13.2 Å². The summed E-state index contributed by atoms with van der Waals surface area (Å²) in [6, 6.07) is 0. The third kappa shape index (κ3) is 53.4. The van der Waals surface area contributed by atoms with Gasteiger partial charge in [-0.1, -0.05) is 292 Å². The van der Waals surface area contributed by atoms with Gasteiger partial charge in [0.15, 0.2) is 6.10 Å². The molecule has 0 amide bonds. The smallest absolute Gasteiger partial charge is 0.306 e. The van der Waals surface area contributed by atoms with Crippen LogP contribution in [0, 0.1) is 17.8 Å². The fourth-order valence-electron chi connectivity index (χ4n) is 9.18. The predicted octanol–water partition coefficient (Wildman–Crippen LogP) is 19.5. The molecule has 0 aromatic carbocycles. The highest BCUT2D eigenvalue weighted by molar-refractivity contribution is 5.71. The van der Waals surface area contributed by atoms with Gasteiger partial charge < -0.3 is 14.2 Å². The molecule has 0 N–H and O–H groups in total. The fourth-order valence-corrected chi connectivity index (χ4v) is 9.18. The molecular formula is C60H116O6. The van der Waals surface area contributed by atoms with Crippen LogP contribution < -0.4 is 0 Å². The number of rotatable bonds is 53. The maximum absolute atomic E-state index is 12.8. The molecule has 6 heteroatoms. The topological polar surface area (TPSA) is 78.9 Å². The highest BCUT2D eigenvalue weighted by atomic mass is 16.6. The highest BCUT2D eigenvalue weighted by Crippen LogP contribution is 2.19. The molecule has 0 spiro atoms. The first-order valence-corrected chi connectivity index (χ1v) is 29.6. The predicted molar refractivity (Wildman–Crippen MR) is 284 cm³/mol. The van der Waals surface area contributed by atoms with Crippen LogP contribution >= 0.6 is 0 Å². The van der Waals surface area contributed by atoms with Crippen LogP contribution in [0.2, 0.25) is 0 Å². The minimum absolute atomic E-state index is 0.0641. The standard InChI is InChI=1S/C60H116O6/c1-54(2)46-40-34-28-24-20-16-12-9-7-8-10-14-18-22-26-30-37-43-49-58(61)64-52-57(53-65-59(62)50-44-38-33-32-36-42-48-56(5)6)66-60(63)51-45-39-31-27-23-19-15-11-13-17-21-25-29-35-41-47-55(3)4/h54-57H,7-53H2,1-6H3/t57-/m0/s1. The molecule has 0 unspecified atom stereocenters. The van der Waals surface area contributed by atoms with Gasteiger partial charge in [-0.05, 0) is 37.0 Å². The van der Waals surface area contributed by atoms with E-state index in [1.807, 2.05) is 0 Å². The molecule has 0 radical (unpaired) electrons. The molecule has 0 aliphatic heterocycles. The van der Waals surface area contributed by atoms with Gasteiger partial charge in [-0.25, -0.2) is 0 Å². The summed E-state index contributed by atoms with van der Waals surface area (Å²) < 4.78 is 16.9. The first-order chi connectivity index (χ1) is 32.1. The van der Waals surface area contributed by atoms with E-state index in [2.05, 4.69) is 41.5 Å². The molecule has 1 atom stereocenters. The van der Waals surface area contributed by atoms with Gasteiger partial charge in [0.2, 0.25) is 0 Å². The molecule has 6 nitrogen and oxygen atoms in total. The van der Waals surface area contributed by atoms with Crippen molar-refractivity contribution in [3.05, 3.63) is 0 Å². The highest BCUT2D eigenvalue weighted by Gasteiger charge is 2.19. The minimum Gasteiger partial charge on any atom is -0.462 e. The summed E-state index contributed by atoms with van der Waals surface area (Å²) in [5, 5.41) is 0.